The molecule has 2 heterocycles. The summed E-state index contributed by atoms with van der Waals surface area (Å²) in [6.07, 6.45) is 1.85. The highest BCUT2D eigenvalue weighted by Gasteiger charge is 2.28. The maximum atomic E-state index is 13.3. The molecular formula is C27H33N5O2. The summed E-state index contributed by atoms with van der Waals surface area (Å²) in [7, 11) is 0. The third-order valence-electron chi connectivity index (χ3n) is 6.20. The van der Waals surface area contributed by atoms with Crippen molar-refractivity contribution in [1.29, 1.82) is 0 Å². The van der Waals surface area contributed by atoms with Crippen LogP contribution in [0.1, 0.15) is 52.0 Å². The summed E-state index contributed by atoms with van der Waals surface area (Å²) in [5.41, 5.74) is 5.53. The summed E-state index contributed by atoms with van der Waals surface area (Å²) in [5, 5.41) is 12.6. The van der Waals surface area contributed by atoms with Gasteiger partial charge in [-0.3, -0.25) is 9.59 Å². The monoisotopic (exact) mass is 459 g/mol. The smallest absolute Gasteiger partial charge is 0.227 e. The van der Waals surface area contributed by atoms with Crippen molar-refractivity contribution in [2.24, 2.45) is 0 Å². The zero-order valence-electron chi connectivity index (χ0n) is 20.3. The van der Waals surface area contributed by atoms with Gasteiger partial charge in [0.15, 0.2) is 0 Å². The van der Waals surface area contributed by atoms with Gasteiger partial charge in [-0.25, -0.2) is 4.68 Å². The van der Waals surface area contributed by atoms with Gasteiger partial charge in [-0.15, -0.1) is 5.10 Å². The van der Waals surface area contributed by atoms with Crippen LogP contribution in [0.4, 0.5) is 5.69 Å². The molecule has 0 saturated heterocycles. The molecule has 1 aliphatic heterocycles. The van der Waals surface area contributed by atoms with Gasteiger partial charge in [0.2, 0.25) is 5.91 Å². The predicted molar refractivity (Wildman–Crippen MR) is 134 cm³/mol. The van der Waals surface area contributed by atoms with Gasteiger partial charge in [0.05, 0.1) is 17.9 Å². The molecule has 7 heteroatoms. The highest BCUT2D eigenvalue weighted by atomic mass is 16.2. The van der Waals surface area contributed by atoms with Gasteiger partial charge in [-0.1, -0.05) is 68.4 Å². The molecule has 0 saturated carbocycles. The standard InChI is InChI=1S/C27H33N5O2/c1-4-21(33)14-15-25(34)31-18-20-10-5-6-11-22(20)27-26(23-12-7-8-13-24(23)31)29-30-32(27)17-9-16-28-19(2)3/h5-8,10-13,19,28H,4,9,14-18H2,1-3H3. The number of aryl methyl sites for hydroxylation is 1. The molecule has 0 aliphatic carbocycles. The Morgan fingerprint density at radius 2 is 1.76 bits per heavy atom. The Bertz CT molecular complexity index is 1170. The van der Waals surface area contributed by atoms with Crippen molar-refractivity contribution in [1.82, 2.24) is 20.3 Å². The number of nitrogens with one attached hydrogen (secondary N) is 1. The average molecular weight is 460 g/mol. The van der Waals surface area contributed by atoms with Gasteiger partial charge in [0, 0.05) is 43.0 Å². The number of carbonyl (C=O) groups is 2. The van der Waals surface area contributed by atoms with E-state index in [1.165, 1.54) is 0 Å². The molecule has 0 fully saturated rings. The highest BCUT2D eigenvalue weighted by molar-refractivity contribution is 6.01. The van der Waals surface area contributed by atoms with Gasteiger partial charge in [0.1, 0.15) is 11.5 Å². The minimum absolute atomic E-state index is 0.0559. The molecule has 178 valence electrons. The van der Waals surface area contributed by atoms with Crippen LogP contribution in [0.2, 0.25) is 0 Å². The van der Waals surface area contributed by atoms with E-state index >= 15 is 0 Å². The first-order valence-electron chi connectivity index (χ1n) is 12.2. The molecule has 7 nitrogen and oxygen atoms in total. The number of para-hydroxylation sites is 1. The topological polar surface area (TPSA) is 80.1 Å². The molecule has 0 spiro atoms. The van der Waals surface area contributed by atoms with Crippen molar-refractivity contribution in [2.45, 2.75) is 65.6 Å². The number of fused-ring (bicyclic) bond motifs is 5. The van der Waals surface area contributed by atoms with Gasteiger partial charge in [-0.2, -0.15) is 0 Å². The van der Waals surface area contributed by atoms with Gasteiger partial charge >= 0.3 is 0 Å². The average Bonchev–Trinajstić information content (AvgIpc) is 3.25. The number of ketones is 1. The molecule has 1 aromatic heterocycles. The zero-order valence-corrected chi connectivity index (χ0v) is 20.3. The number of anilines is 1. The van der Waals surface area contributed by atoms with Crippen LogP contribution in [0.5, 0.6) is 0 Å². The molecule has 1 N–H and O–H groups in total. The molecule has 0 radical (unpaired) electrons. The molecule has 2 aromatic carbocycles. The van der Waals surface area contributed by atoms with E-state index in [9.17, 15) is 9.59 Å². The fourth-order valence-corrected chi connectivity index (χ4v) is 4.37. The van der Waals surface area contributed by atoms with Crippen LogP contribution in [0.15, 0.2) is 48.5 Å². The van der Waals surface area contributed by atoms with Gasteiger partial charge in [0.25, 0.3) is 0 Å². The van der Waals surface area contributed by atoms with Crippen molar-refractivity contribution in [2.75, 3.05) is 11.4 Å². The van der Waals surface area contributed by atoms with E-state index in [-0.39, 0.29) is 24.5 Å². The number of rotatable bonds is 9. The second-order valence-electron chi connectivity index (χ2n) is 9.02. The normalized spacial score (nSPS) is 12.5. The lowest BCUT2D eigenvalue weighted by atomic mass is 9.95. The van der Waals surface area contributed by atoms with Crippen molar-refractivity contribution in [3.63, 3.8) is 0 Å². The Morgan fingerprint density at radius 1 is 1.03 bits per heavy atom. The van der Waals surface area contributed by atoms with Gasteiger partial charge < -0.3 is 10.2 Å². The third kappa shape index (κ3) is 5.09. The lowest BCUT2D eigenvalue weighted by Gasteiger charge is -2.28. The fraction of sp³-hybridized carbons (Fsp3) is 0.407. The lowest BCUT2D eigenvalue weighted by molar-refractivity contribution is -0.123. The van der Waals surface area contributed by atoms with Crippen LogP contribution in [0.25, 0.3) is 22.5 Å². The first kappa shape index (κ1) is 23.8. The van der Waals surface area contributed by atoms with E-state index in [0.717, 1.165) is 53.3 Å². The number of aromatic nitrogens is 3. The Labute approximate surface area is 201 Å². The van der Waals surface area contributed by atoms with Crippen molar-refractivity contribution in [3.8, 4) is 22.5 Å². The van der Waals surface area contributed by atoms with Crippen LogP contribution < -0.4 is 10.2 Å². The quantitative estimate of drug-likeness (QED) is 0.473. The summed E-state index contributed by atoms with van der Waals surface area (Å²) in [4.78, 5) is 27.0. The Hall–Kier alpha value is -3.32. The molecule has 3 aromatic rings. The van der Waals surface area contributed by atoms with Crippen LogP contribution in [-0.4, -0.2) is 39.3 Å². The molecule has 34 heavy (non-hydrogen) atoms. The number of nitrogens with zero attached hydrogens (tertiary/aromatic N) is 4. The number of Topliss-reactive ketones (excluding diaryl/α,β-unsaturated/α-hetero) is 1. The first-order chi connectivity index (χ1) is 16.5. The number of hydrogen-bond donors (Lipinski definition) is 1. The first-order valence-corrected chi connectivity index (χ1v) is 12.2. The van der Waals surface area contributed by atoms with E-state index in [1.54, 1.807) is 4.90 Å². The van der Waals surface area contributed by atoms with E-state index < -0.39 is 0 Å². The SMILES string of the molecule is CCC(=O)CCC(=O)N1Cc2ccccc2-c2c(nnn2CCCNC(C)C)-c2ccccc21. The Morgan fingerprint density at radius 3 is 2.53 bits per heavy atom. The molecule has 0 atom stereocenters. The molecule has 1 aliphatic rings. The minimum Gasteiger partial charge on any atom is -0.314 e. The maximum absolute atomic E-state index is 13.3. The predicted octanol–water partition coefficient (Wildman–Crippen LogP) is 4.61. The fourth-order valence-electron chi connectivity index (χ4n) is 4.37. The van der Waals surface area contributed by atoms with E-state index in [1.807, 2.05) is 48.0 Å². The lowest BCUT2D eigenvalue weighted by Crippen LogP contribution is -2.32. The van der Waals surface area contributed by atoms with Crippen LogP contribution >= 0.6 is 0 Å². The molecule has 0 unspecified atom stereocenters. The maximum Gasteiger partial charge on any atom is 0.227 e. The van der Waals surface area contributed by atoms with E-state index in [4.69, 9.17) is 0 Å². The molecular weight excluding hydrogens is 426 g/mol. The third-order valence-corrected chi connectivity index (χ3v) is 6.20. The molecule has 0 bridgehead atoms. The largest absolute Gasteiger partial charge is 0.314 e. The number of benzene rings is 2. The Balaban J connectivity index is 1.75. The summed E-state index contributed by atoms with van der Waals surface area (Å²) in [6.45, 7) is 8.21. The zero-order chi connectivity index (χ0) is 24.1. The number of amides is 1. The van der Waals surface area contributed by atoms with Gasteiger partial charge in [-0.05, 0) is 24.6 Å². The van der Waals surface area contributed by atoms with Crippen LogP contribution in [0, 0.1) is 0 Å². The summed E-state index contributed by atoms with van der Waals surface area (Å²) >= 11 is 0. The molecule has 4 rings (SSSR count). The van der Waals surface area contributed by atoms with Crippen molar-refractivity contribution in [3.05, 3.63) is 54.1 Å². The summed E-state index contributed by atoms with van der Waals surface area (Å²) in [6, 6.07) is 16.4. The van der Waals surface area contributed by atoms with E-state index in [2.05, 4.69) is 41.6 Å². The Kier molecular flexibility index (Phi) is 7.53. The van der Waals surface area contributed by atoms with Crippen LogP contribution in [0.3, 0.4) is 0 Å². The minimum atomic E-state index is -0.0559. The highest BCUT2D eigenvalue weighted by Crippen LogP contribution is 2.41. The van der Waals surface area contributed by atoms with E-state index in [0.29, 0.717) is 19.0 Å². The second-order valence-corrected chi connectivity index (χ2v) is 9.02. The van der Waals surface area contributed by atoms with Crippen LogP contribution in [-0.2, 0) is 22.7 Å². The second kappa shape index (κ2) is 10.7. The van der Waals surface area contributed by atoms with Crippen molar-refractivity contribution >= 4 is 17.4 Å². The van der Waals surface area contributed by atoms with Crippen molar-refractivity contribution < 1.29 is 9.59 Å². The summed E-state index contributed by atoms with van der Waals surface area (Å²) in [5.74, 6) is 0.0471. The summed E-state index contributed by atoms with van der Waals surface area (Å²) < 4.78 is 1.99. The molecule has 1 amide bonds. The number of carbonyl (C=O) groups excluding carboxylic acids is 2. The number of hydrogen-bond acceptors (Lipinski definition) is 5.